The van der Waals surface area contributed by atoms with Gasteiger partial charge in [0.1, 0.15) is 11.9 Å². The highest BCUT2D eigenvalue weighted by Crippen LogP contribution is 2.53. The Morgan fingerprint density at radius 3 is 2.50 bits per heavy atom. The Morgan fingerprint density at radius 2 is 1.96 bits per heavy atom. The van der Waals surface area contributed by atoms with Crippen LogP contribution < -0.4 is 5.32 Å². The van der Waals surface area contributed by atoms with E-state index in [-0.39, 0.29) is 24.9 Å². The van der Waals surface area contributed by atoms with Crippen molar-refractivity contribution in [2.45, 2.75) is 69.3 Å². The van der Waals surface area contributed by atoms with E-state index in [4.69, 9.17) is 4.74 Å². The molecule has 0 aliphatic heterocycles. The topological polar surface area (TPSA) is 56.1 Å². The van der Waals surface area contributed by atoms with Gasteiger partial charge in [0.25, 0.3) is 0 Å². The Morgan fingerprint density at radius 1 is 1.29 bits per heavy atom. The number of aromatic nitrogens is 2. The van der Waals surface area contributed by atoms with Gasteiger partial charge in [0, 0.05) is 31.4 Å². The van der Waals surface area contributed by atoms with Crippen LogP contribution in [0.5, 0.6) is 0 Å². The maximum Gasteiger partial charge on any atom is 0.413 e. The molecule has 3 aliphatic carbocycles. The molecule has 1 aromatic rings. The number of rotatable bonds is 5. The molecule has 4 rings (SSSR count). The third kappa shape index (κ3) is 3.00. The van der Waals surface area contributed by atoms with Crippen LogP contribution in [0.2, 0.25) is 0 Å². The predicted octanol–water partition coefficient (Wildman–Crippen LogP) is 4.16. The van der Waals surface area contributed by atoms with Crippen LogP contribution in [0.15, 0.2) is 0 Å². The Hall–Kier alpha value is -1.66. The van der Waals surface area contributed by atoms with Gasteiger partial charge in [0.15, 0.2) is 0 Å². The fourth-order valence-electron chi connectivity index (χ4n) is 3.60. The van der Waals surface area contributed by atoms with Crippen LogP contribution in [0.1, 0.15) is 68.5 Å². The molecule has 0 radical (unpaired) electrons. The van der Waals surface area contributed by atoms with E-state index in [0.29, 0.717) is 17.7 Å². The van der Waals surface area contributed by atoms with Gasteiger partial charge < -0.3 is 4.74 Å². The molecule has 3 saturated carbocycles. The van der Waals surface area contributed by atoms with Crippen LogP contribution in [-0.2, 0) is 11.8 Å². The van der Waals surface area contributed by atoms with E-state index in [1.807, 2.05) is 6.92 Å². The molecule has 0 spiro atoms. The van der Waals surface area contributed by atoms with E-state index in [1.54, 1.807) is 11.7 Å². The molecule has 24 heavy (non-hydrogen) atoms. The van der Waals surface area contributed by atoms with Gasteiger partial charge in [0.05, 0.1) is 5.69 Å². The maximum atomic E-state index is 13.2. The summed E-state index contributed by atoms with van der Waals surface area (Å²) in [4.78, 5) is 12.2. The average molecular weight is 339 g/mol. The van der Waals surface area contributed by atoms with Gasteiger partial charge in [-0.2, -0.15) is 5.10 Å². The van der Waals surface area contributed by atoms with Gasteiger partial charge in [0.2, 0.25) is 5.92 Å². The van der Waals surface area contributed by atoms with Crippen molar-refractivity contribution in [1.82, 2.24) is 9.78 Å². The highest BCUT2D eigenvalue weighted by molar-refractivity contribution is 5.85. The summed E-state index contributed by atoms with van der Waals surface area (Å²) in [6.45, 7) is 1.91. The Kier molecular flexibility index (Phi) is 3.58. The molecule has 3 aliphatic rings. The van der Waals surface area contributed by atoms with E-state index in [1.165, 1.54) is 0 Å². The molecule has 0 unspecified atom stereocenters. The standard InChI is InChI=1S/C17H23F2N3O2/c1-9(10-3-4-10)24-16(23)20-15-13(11-5-6-11)14(21-22(15)2)12-7-17(18,19)8-12/h9-12H,3-8H2,1-2H3,(H,20,23)/t9-/m1/s1. The quantitative estimate of drug-likeness (QED) is 0.876. The normalized spacial score (nSPS) is 24.3. The molecule has 0 saturated heterocycles. The van der Waals surface area contributed by atoms with Crippen molar-refractivity contribution in [3.8, 4) is 0 Å². The van der Waals surface area contributed by atoms with E-state index >= 15 is 0 Å². The number of carbonyl (C=O) groups is 1. The molecule has 3 fully saturated rings. The summed E-state index contributed by atoms with van der Waals surface area (Å²) in [6.07, 6.45) is 3.38. The summed E-state index contributed by atoms with van der Waals surface area (Å²) < 4.78 is 33.5. The van der Waals surface area contributed by atoms with Crippen LogP contribution in [0.4, 0.5) is 19.4 Å². The molecular formula is C17H23F2N3O2. The van der Waals surface area contributed by atoms with Gasteiger partial charge in [-0.15, -0.1) is 0 Å². The number of amides is 1. The maximum absolute atomic E-state index is 13.2. The number of nitrogens with one attached hydrogen (secondary N) is 1. The molecule has 132 valence electrons. The SMILES string of the molecule is C[C@@H](OC(=O)Nc1c(C2CC2)c(C2CC(F)(F)C2)nn1C)C1CC1. The van der Waals surface area contributed by atoms with Crippen molar-refractivity contribution in [2.75, 3.05) is 5.32 Å². The number of alkyl halides is 2. The number of hydrogen-bond donors (Lipinski definition) is 1. The second-order valence-electron chi connectivity index (χ2n) is 7.58. The fraction of sp³-hybridized carbons (Fsp3) is 0.765. The second-order valence-corrected chi connectivity index (χ2v) is 7.58. The van der Waals surface area contributed by atoms with E-state index < -0.39 is 12.0 Å². The highest BCUT2D eigenvalue weighted by Gasteiger charge is 2.49. The number of aryl methyl sites for hydroxylation is 1. The van der Waals surface area contributed by atoms with Crippen molar-refractivity contribution in [1.29, 1.82) is 0 Å². The first-order valence-electron chi connectivity index (χ1n) is 8.76. The molecule has 0 aromatic carbocycles. The minimum Gasteiger partial charge on any atom is -0.446 e. The van der Waals surface area contributed by atoms with E-state index in [2.05, 4.69) is 10.4 Å². The molecule has 1 amide bonds. The zero-order valence-electron chi connectivity index (χ0n) is 14.0. The van der Waals surface area contributed by atoms with Crippen LogP contribution in [0.25, 0.3) is 0 Å². The van der Waals surface area contributed by atoms with Gasteiger partial charge >= 0.3 is 6.09 Å². The molecular weight excluding hydrogens is 316 g/mol. The Bertz CT molecular complexity index is 657. The number of nitrogens with zero attached hydrogens (tertiary/aromatic N) is 2. The Labute approximate surface area is 139 Å². The van der Waals surface area contributed by atoms with E-state index in [9.17, 15) is 13.6 Å². The van der Waals surface area contributed by atoms with Crippen LogP contribution in [0.3, 0.4) is 0 Å². The molecule has 1 heterocycles. The monoisotopic (exact) mass is 339 g/mol. The van der Waals surface area contributed by atoms with E-state index in [0.717, 1.165) is 36.9 Å². The summed E-state index contributed by atoms with van der Waals surface area (Å²) in [7, 11) is 1.74. The lowest BCUT2D eigenvalue weighted by Gasteiger charge is -2.34. The summed E-state index contributed by atoms with van der Waals surface area (Å²) in [5, 5.41) is 7.26. The first-order valence-corrected chi connectivity index (χ1v) is 8.76. The van der Waals surface area contributed by atoms with Crippen molar-refractivity contribution >= 4 is 11.9 Å². The minimum atomic E-state index is -2.57. The predicted molar refractivity (Wildman–Crippen MR) is 84.4 cm³/mol. The number of anilines is 1. The average Bonchev–Trinajstić information content (AvgIpc) is 3.34. The molecule has 5 nitrogen and oxygen atoms in total. The summed E-state index contributed by atoms with van der Waals surface area (Å²) in [5.74, 6) is -1.39. The summed E-state index contributed by atoms with van der Waals surface area (Å²) in [6, 6.07) is 0. The lowest BCUT2D eigenvalue weighted by molar-refractivity contribution is -0.0878. The Balaban J connectivity index is 1.51. The first-order chi connectivity index (χ1) is 11.3. The second kappa shape index (κ2) is 5.43. The third-order valence-electron chi connectivity index (χ3n) is 5.37. The van der Waals surface area contributed by atoms with Gasteiger partial charge in [-0.25, -0.2) is 13.6 Å². The van der Waals surface area contributed by atoms with Crippen molar-refractivity contribution in [3.05, 3.63) is 11.3 Å². The zero-order chi connectivity index (χ0) is 17.1. The molecule has 7 heteroatoms. The number of hydrogen-bond acceptors (Lipinski definition) is 3. The number of halogens is 2. The van der Waals surface area contributed by atoms with Crippen LogP contribution in [-0.4, -0.2) is 27.9 Å². The van der Waals surface area contributed by atoms with Crippen molar-refractivity contribution in [3.63, 3.8) is 0 Å². The van der Waals surface area contributed by atoms with Crippen LogP contribution in [0, 0.1) is 5.92 Å². The lowest BCUT2D eigenvalue weighted by atomic mass is 9.77. The molecule has 1 atom stereocenters. The number of carbonyl (C=O) groups excluding carboxylic acids is 1. The highest BCUT2D eigenvalue weighted by atomic mass is 19.3. The third-order valence-corrected chi connectivity index (χ3v) is 5.37. The molecule has 0 bridgehead atoms. The minimum absolute atomic E-state index is 0.0904. The summed E-state index contributed by atoms with van der Waals surface area (Å²) >= 11 is 0. The smallest absolute Gasteiger partial charge is 0.413 e. The van der Waals surface area contributed by atoms with Gasteiger partial charge in [-0.3, -0.25) is 10.00 Å². The first kappa shape index (κ1) is 15.8. The van der Waals surface area contributed by atoms with Gasteiger partial charge in [-0.05, 0) is 44.4 Å². The van der Waals surface area contributed by atoms with Crippen molar-refractivity contribution < 1.29 is 18.3 Å². The molecule has 1 N–H and O–H groups in total. The number of ether oxygens (including phenoxy) is 1. The lowest BCUT2D eigenvalue weighted by Crippen LogP contribution is -2.34. The summed E-state index contributed by atoms with van der Waals surface area (Å²) in [5.41, 5.74) is 1.67. The van der Waals surface area contributed by atoms with Crippen LogP contribution >= 0.6 is 0 Å². The largest absolute Gasteiger partial charge is 0.446 e. The zero-order valence-corrected chi connectivity index (χ0v) is 14.0. The van der Waals surface area contributed by atoms with Gasteiger partial charge in [-0.1, -0.05) is 0 Å². The van der Waals surface area contributed by atoms with Crippen molar-refractivity contribution in [2.24, 2.45) is 13.0 Å². The fourth-order valence-corrected chi connectivity index (χ4v) is 3.60. The molecule has 1 aromatic heterocycles.